The zero-order valence-electron chi connectivity index (χ0n) is 11.1. The smallest absolute Gasteiger partial charge is 0.0409 e. The minimum absolute atomic E-state index is 0.249. The second-order valence-electron chi connectivity index (χ2n) is 4.63. The van der Waals surface area contributed by atoms with Crippen molar-refractivity contribution < 1.29 is 0 Å². The highest BCUT2D eigenvalue weighted by atomic mass is 35.5. The lowest BCUT2D eigenvalue weighted by molar-refractivity contribution is 0.622. The van der Waals surface area contributed by atoms with E-state index < -0.39 is 0 Å². The van der Waals surface area contributed by atoms with Gasteiger partial charge in [-0.15, -0.1) is 0 Å². The van der Waals surface area contributed by atoms with Crippen molar-refractivity contribution in [1.29, 1.82) is 0 Å². The molecule has 0 spiro atoms. The van der Waals surface area contributed by atoms with Gasteiger partial charge in [-0.05, 0) is 35.8 Å². The molecular weight excluding hydrogens is 254 g/mol. The van der Waals surface area contributed by atoms with Crippen molar-refractivity contribution in [3.05, 3.63) is 77.3 Å². The van der Waals surface area contributed by atoms with E-state index in [4.69, 9.17) is 11.6 Å². The molecular formula is C17H18ClN. The molecule has 0 saturated carbocycles. The lowest BCUT2D eigenvalue weighted by Crippen LogP contribution is -2.20. The fourth-order valence-electron chi connectivity index (χ4n) is 1.95. The Hall–Kier alpha value is -1.57. The summed E-state index contributed by atoms with van der Waals surface area (Å²) in [6.45, 7) is 7.01. The van der Waals surface area contributed by atoms with Gasteiger partial charge >= 0.3 is 0 Å². The van der Waals surface area contributed by atoms with Gasteiger partial charge in [-0.25, -0.2) is 0 Å². The molecule has 0 aliphatic rings. The van der Waals surface area contributed by atoms with Gasteiger partial charge in [-0.1, -0.05) is 60.6 Å². The SMILES string of the molecule is C=C(CN[C@H](C)c1cccc(Cl)c1)c1ccccc1. The summed E-state index contributed by atoms with van der Waals surface area (Å²) < 4.78 is 0. The van der Waals surface area contributed by atoms with E-state index in [-0.39, 0.29) is 6.04 Å². The van der Waals surface area contributed by atoms with Crippen LogP contribution in [0.4, 0.5) is 0 Å². The zero-order valence-corrected chi connectivity index (χ0v) is 11.8. The van der Waals surface area contributed by atoms with E-state index in [1.54, 1.807) is 0 Å². The van der Waals surface area contributed by atoms with Crippen LogP contribution in [0.25, 0.3) is 5.57 Å². The molecule has 0 saturated heterocycles. The van der Waals surface area contributed by atoms with Crippen molar-refractivity contribution >= 4 is 17.2 Å². The van der Waals surface area contributed by atoms with Crippen LogP contribution in [0.3, 0.4) is 0 Å². The summed E-state index contributed by atoms with van der Waals surface area (Å²) in [7, 11) is 0. The summed E-state index contributed by atoms with van der Waals surface area (Å²) in [5.74, 6) is 0. The Balaban J connectivity index is 1.94. The number of halogens is 1. The Bertz CT molecular complexity index is 548. The summed E-state index contributed by atoms with van der Waals surface area (Å²) in [4.78, 5) is 0. The van der Waals surface area contributed by atoms with Crippen molar-refractivity contribution in [2.45, 2.75) is 13.0 Å². The number of benzene rings is 2. The first-order valence-electron chi connectivity index (χ1n) is 6.39. The summed E-state index contributed by atoms with van der Waals surface area (Å²) in [5.41, 5.74) is 3.45. The molecule has 1 N–H and O–H groups in total. The largest absolute Gasteiger partial charge is 0.306 e. The van der Waals surface area contributed by atoms with Gasteiger partial charge in [0.15, 0.2) is 0 Å². The van der Waals surface area contributed by atoms with Crippen LogP contribution in [0.2, 0.25) is 5.02 Å². The van der Waals surface area contributed by atoms with Gasteiger partial charge in [-0.2, -0.15) is 0 Å². The second kappa shape index (κ2) is 6.55. The molecule has 1 atom stereocenters. The monoisotopic (exact) mass is 271 g/mol. The highest BCUT2D eigenvalue weighted by Crippen LogP contribution is 2.18. The molecule has 0 unspecified atom stereocenters. The third kappa shape index (κ3) is 3.95. The van der Waals surface area contributed by atoms with E-state index in [1.807, 2.05) is 36.4 Å². The van der Waals surface area contributed by atoms with Gasteiger partial charge < -0.3 is 5.32 Å². The third-order valence-corrected chi connectivity index (χ3v) is 3.39. The molecule has 1 nitrogen and oxygen atoms in total. The van der Waals surface area contributed by atoms with E-state index >= 15 is 0 Å². The Morgan fingerprint density at radius 1 is 1.16 bits per heavy atom. The standard InChI is InChI=1S/C17H18ClN/c1-13(15-7-4-3-5-8-15)12-19-14(2)16-9-6-10-17(18)11-16/h3-11,14,19H,1,12H2,2H3/t14-/m1/s1. The molecule has 0 aromatic heterocycles. The first-order valence-corrected chi connectivity index (χ1v) is 6.76. The van der Waals surface area contributed by atoms with Crippen LogP contribution in [-0.2, 0) is 0 Å². The lowest BCUT2D eigenvalue weighted by Gasteiger charge is -2.16. The van der Waals surface area contributed by atoms with Crippen LogP contribution in [0.1, 0.15) is 24.1 Å². The van der Waals surface area contributed by atoms with E-state index in [0.717, 1.165) is 17.1 Å². The van der Waals surface area contributed by atoms with Crippen LogP contribution < -0.4 is 5.32 Å². The van der Waals surface area contributed by atoms with Gasteiger partial charge in [0, 0.05) is 17.6 Å². The van der Waals surface area contributed by atoms with Gasteiger partial charge in [0.05, 0.1) is 0 Å². The first-order chi connectivity index (χ1) is 9.16. The maximum absolute atomic E-state index is 6.00. The molecule has 0 amide bonds. The Kier molecular flexibility index (Phi) is 4.78. The van der Waals surface area contributed by atoms with Crippen LogP contribution in [-0.4, -0.2) is 6.54 Å². The minimum Gasteiger partial charge on any atom is -0.306 e. The van der Waals surface area contributed by atoms with Crippen molar-refractivity contribution in [3.63, 3.8) is 0 Å². The van der Waals surface area contributed by atoms with Gasteiger partial charge in [-0.3, -0.25) is 0 Å². The van der Waals surface area contributed by atoms with Crippen LogP contribution >= 0.6 is 11.6 Å². The van der Waals surface area contributed by atoms with E-state index in [0.29, 0.717) is 0 Å². The Morgan fingerprint density at radius 2 is 1.89 bits per heavy atom. The molecule has 2 rings (SSSR count). The Morgan fingerprint density at radius 3 is 2.58 bits per heavy atom. The fraction of sp³-hybridized carbons (Fsp3) is 0.176. The quantitative estimate of drug-likeness (QED) is 0.831. The number of nitrogens with one attached hydrogen (secondary N) is 1. The van der Waals surface area contributed by atoms with Gasteiger partial charge in [0.25, 0.3) is 0 Å². The van der Waals surface area contributed by atoms with Crippen LogP contribution in [0.15, 0.2) is 61.2 Å². The van der Waals surface area contributed by atoms with Crippen LogP contribution in [0, 0.1) is 0 Å². The van der Waals surface area contributed by atoms with E-state index in [2.05, 4.69) is 37.0 Å². The number of hydrogen-bond acceptors (Lipinski definition) is 1. The molecule has 0 bridgehead atoms. The predicted molar refractivity (Wildman–Crippen MR) is 83.3 cm³/mol. The molecule has 2 heteroatoms. The molecule has 0 heterocycles. The summed E-state index contributed by atoms with van der Waals surface area (Å²) >= 11 is 6.00. The van der Waals surface area contributed by atoms with Crippen molar-refractivity contribution in [2.75, 3.05) is 6.54 Å². The van der Waals surface area contributed by atoms with Crippen molar-refractivity contribution in [2.24, 2.45) is 0 Å². The normalized spacial score (nSPS) is 12.1. The molecule has 19 heavy (non-hydrogen) atoms. The maximum atomic E-state index is 6.00. The van der Waals surface area contributed by atoms with E-state index in [1.165, 1.54) is 11.1 Å². The predicted octanol–water partition coefficient (Wildman–Crippen LogP) is 4.70. The second-order valence-corrected chi connectivity index (χ2v) is 5.06. The molecule has 0 aliphatic carbocycles. The van der Waals surface area contributed by atoms with Crippen LogP contribution in [0.5, 0.6) is 0 Å². The molecule has 0 fully saturated rings. The Labute approximate surface area is 119 Å². The molecule has 0 aliphatic heterocycles. The average Bonchev–Trinajstić information content (AvgIpc) is 2.45. The summed E-state index contributed by atoms with van der Waals surface area (Å²) in [6.07, 6.45) is 0. The minimum atomic E-state index is 0.249. The number of rotatable bonds is 5. The molecule has 2 aromatic carbocycles. The summed E-state index contributed by atoms with van der Waals surface area (Å²) in [6, 6.07) is 18.4. The lowest BCUT2D eigenvalue weighted by atomic mass is 10.1. The molecule has 98 valence electrons. The van der Waals surface area contributed by atoms with Crippen molar-refractivity contribution in [1.82, 2.24) is 5.32 Å². The van der Waals surface area contributed by atoms with E-state index in [9.17, 15) is 0 Å². The summed E-state index contributed by atoms with van der Waals surface area (Å²) in [5, 5.41) is 4.24. The average molecular weight is 272 g/mol. The fourth-order valence-corrected chi connectivity index (χ4v) is 2.14. The molecule has 2 aromatic rings. The highest BCUT2D eigenvalue weighted by molar-refractivity contribution is 6.30. The zero-order chi connectivity index (χ0) is 13.7. The topological polar surface area (TPSA) is 12.0 Å². The number of hydrogen-bond donors (Lipinski definition) is 1. The third-order valence-electron chi connectivity index (χ3n) is 3.15. The van der Waals surface area contributed by atoms with Gasteiger partial charge in [0.2, 0.25) is 0 Å². The molecule has 0 radical (unpaired) electrons. The highest BCUT2D eigenvalue weighted by Gasteiger charge is 2.06. The maximum Gasteiger partial charge on any atom is 0.0409 e. The van der Waals surface area contributed by atoms with Gasteiger partial charge in [0.1, 0.15) is 0 Å². The first kappa shape index (κ1) is 13.9. The van der Waals surface area contributed by atoms with Crippen molar-refractivity contribution in [3.8, 4) is 0 Å².